The highest BCUT2D eigenvalue weighted by Gasteiger charge is 2.18. The molecule has 0 amide bonds. The molecule has 0 bridgehead atoms. The van der Waals surface area contributed by atoms with Gasteiger partial charge in [-0.2, -0.15) is 0 Å². The molecule has 2 aromatic rings. The summed E-state index contributed by atoms with van der Waals surface area (Å²) in [6.45, 7) is 0.582. The average Bonchev–Trinajstić information content (AvgIpc) is 2.84. The molecule has 0 aliphatic rings. The van der Waals surface area contributed by atoms with E-state index in [0.29, 0.717) is 24.3 Å². The van der Waals surface area contributed by atoms with E-state index in [2.05, 4.69) is 15.6 Å². The lowest BCUT2D eigenvalue weighted by Crippen LogP contribution is -2.10. The molecule has 0 fully saturated rings. The number of nitro benzene ring substituents is 1. The predicted octanol–water partition coefficient (Wildman–Crippen LogP) is 2.02. The van der Waals surface area contributed by atoms with Crippen molar-refractivity contribution in [3.8, 4) is 0 Å². The highest BCUT2D eigenvalue weighted by atomic mass is 16.6. The fourth-order valence-electron chi connectivity index (χ4n) is 2.03. The minimum Gasteiger partial charge on any atom is -0.382 e. The van der Waals surface area contributed by atoms with E-state index in [0.717, 1.165) is 5.82 Å². The number of hydrogen-bond acceptors (Lipinski definition) is 5. The van der Waals surface area contributed by atoms with Gasteiger partial charge < -0.3 is 15.2 Å². The van der Waals surface area contributed by atoms with Crippen LogP contribution in [0.3, 0.4) is 0 Å². The summed E-state index contributed by atoms with van der Waals surface area (Å²) in [6, 6.07) is 5.17. The number of nitrogens with one attached hydrogen (secondary N) is 2. The van der Waals surface area contributed by atoms with Crippen LogP contribution < -0.4 is 10.6 Å². The van der Waals surface area contributed by atoms with Crippen LogP contribution in [0.15, 0.2) is 30.6 Å². The molecule has 1 heterocycles. The van der Waals surface area contributed by atoms with Gasteiger partial charge in [-0.3, -0.25) is 10.1 Å². The van der Waals surface area contributed by atoms with E-state index < -0.39 is 0 Å². The fourth-order valence-corrected chi connectivity index (χ4v) is 2.03. The van der Waals surface area contributed by atoms with E-state index in [9.17, 15) is 10.1 Å². The lowest BCUT2D eigenvalue weighted by atomic mass is 10.2. The number of para-hydroxylation sites is 1. The summed E-state index contributed by atoms with van der Waals surface area (Å²) in [7, 11) is 3.59. The summed E-state index contributed by atoms with van der Waals surface area (Å²) >= 11 is 0. The van der Waals surface area contributed by atoms with Gasteiger partial charge in [-0.25, -0.2) is 4.98 Å². The minimum atomic E-state index is -0.380. The number of rotatable bonds is 6. The van der Waals surface area contributed by atoms with Gasteiger partial charge in [0.15, 0.2) is 0 Å². The van der Waals surface area contributed by atoms with Gasteiger partial charge in [0.2, 0.25) is 0 Å². The lowest BCUT2D eigenvalue weighted by molar-refractivity contribution is -0.383. The molecule has 7 nitrogen and oxygen atoms in total. The van der Waals surface area contributed by atoms with Crippen LogP contribution in [-0.2, 0) is 13.5 Å². The summed E-state index contributed by atoms with van der Waals surface area (Å²) in [6.07, 6.45) is 4.31. The first-order valence-corrected chi connectivity index (χ1v) is 6.28. The summed E-state index contributed by atoms with van der Waals surface area (Å²) in [5.41, 5.74) is 1.07. The molecule has 2 N–H and O–H groups in total. The summed E-state index contributed by atoms with van der Waals surface area (Å²) in [5, 5.41) is 17.1. The van der Waals surface area contributed by atoms with Gasteiger partial charge in [0.25, 0.3) is 0 Å². The Labute approximate surface area is 116 Å². The third-order valence-electron chi connectivity index (χ3n) is 3.07. The topological polar surface area (TPSA) is 85.0 Å². The van der Waals surface area contributed by atoms with Crippen LogP contribution in [0.2, 0.25) is 0 Å². The zero-order chi connectivity index (χ0) is 14.5. The first-order chi connectivity index (χ1) is 9.63. The Balaban J connectivity index is 2.09. The van der Waals surface area contributed by atoms with Crippen molar-refractivity contribution in [3.63, 3.8) is 0 Å². The lowest BCUT2D eigenvalue weighted by Gasteiger charge is -2.09. The molecule has 7 heteroatoms. The molecule has 1 aromatic carbocycles. The largest absolute Gasteiger partial charge is 0.382 e. The van der Waals surface area contributed by atoms with Crippen LogP contribution in [0, 0.1) is 10.1 Å². The maximum atomic E-state index is 11.2. The van der Waals surface area contributed by atoms with Crippen LogP contribution in [-0.4, -0.2) is 28.1 Å². The van der Waals surface area contributed by atoms with Crippen LogP contribution in [0.5, 0.6) is 0 Å². The highest BCUT2D eigenvalue weighted by Crippen LogP contribution is 2.32. The molecule has 0 aliphatic heterocycles. The number of imidazole rings is 1. The van der Waals surface area contributed by atoms with E-state index in [1.54, 1.807) is 31.4 Å². The summed E-state index contributed by atoms with van der Waals surface area (Å²) in [4.78, 5) is 15.0. The quantitative estimate of drug-likeness (QED) is 0.622. The van der Waals surface area contributed by atoms with Gasteiger partial charge in [-0.05, 0) is 12.1 Å². The van der Waals surface area contributed by atoms with Gasteiger partial charge >= 0.3 is 5.69 Å². The fraction of sp³-hybridized carbons (Fsp3) is 0.308. The Kier molecular flexibility index (Phi) is 4.19. The van der Waals surface area contributed by atoms with E-state index in [1.807, 2.05) is 17.8 Å². The molecule has 0 saturated carbocycles. The minimum absolute atomic E-state index is 0.0647. The molecular formula is C13H17N5O2. The molecule has 0 unspecified atom stereocenters. The van der Waals surface area contributed by atoms with Crippen molar-refractivity contribution in [2.75, 3.05) is 24.2 Å². The van der Waals surface area contributed by atoms with Crippen LogP contribution >= 0.6 is 0 Å². The molecule has 0 aliphatic carbocycles. The summed E-state index contributed by atoms with van der Waals surface area (Å²) in [5.74, 6) is 0.935. The van der Waals surface area contributed by atoms with Crippen molar-refractivity contribution < 1.29 is 4.92 Å². The third-order valence-corrected chi connectivity index (χ3v) is 3.07. The molecule has 20 heavy (non-hydrogen) atoms. The van der Waals surface area contributed by atoms with E-state index in [4.69, 9.17) is 0 Å². The first-order valence-electron chi connectivity index (χ1n) is 6.28. The Morgan fingerprint density at radius 2 is 2.15 bits per heavy atom. The number of nitro groups is 1. The van der Waals surface area contributed by atoms with Gasteiger partial charge in [-0.1, -0.05) is 6.07 Å². The van der Waals surface area contributed by atoms with E-state index in [1.165, 1.54) is 0 Å². The second-order valence-corrected chi connectivity index (χ2v) is 4.34. The number of anilines is 2. The normalized spacial score (nSPS) is 10.3. The Bertz CT molecular complexity index is 609. The maximum absolute atomic E-state index is 11.2. The van der Waals surface area contributed by atoms with Gasteiger partial charge in [-0.15, -0.1) is 0 Å². The monoisotopic (exact) mass is 275 g/mol. The Morgan fingerprint density at radius 3 is 2.75 bits per heavy atom. The smallest absolute Gasteiger partial charge is 0.315 e. The highest BCUT2D eigenvalue weighted by molar-refractivity contribution is 5.75. The number of aromatic nitrogens is 2. The third kappa shape index (κ3) is 2.87. The Hall–Kier alpha value is -2.57. The van der Waals surface area contributed by atoms with Crippen molar-refractivity contribution in [1.29, 1.82) is 0 Å². The van der Waals surface area contributed by atoms with Crippen molar-refractivity contribution in [1.82, 2.24) is 9.55 Å². The van der Waals surface area contributed by atoms with Gasteiger partial charge in [0, 0.05) is 39.5 Å². The van der Waals surface area contributed by atoms with E-state index >= 15 is 0 Å². The van der Waals surface area contributed by atoms with Crippen molar-refractivity contribution in [3.05, 3.63) is 46.5 Å². The molecule has 2 rings (SSSR count). The number of nitrogens with zero attached hydrogens (tertiary/aromatic N) is 3. The molecule has 0 atom stereocenters. The molecule has 0 radical (unpaired) electrons. The average molecular weight is 275 g/mol. The van der Waals surface area contributed by atoms with Crippen molar-refractivity contribution >= 4 is 17.1 Å². The van der Waals surface area contributed by atoms with Gasteiger partial charge in [0.1, 0.15) is 17.2 Å². The number of benzene rings is 1. The second-order valence-electron chi connectivity index (χ2n) is 4.34. The molecule has 0 spiro atoms. The van der Waals surface area contributed by atoms with Crippen LogP contribution in [0.1, 0.15) is 5.82 Å². The number of hydrogen-bond donors (Lipinski definition) is 2. The SMILES string of the molecule is CNc1cccc(NCCc2nccn2C)c1[N+](=O)[O-]. The second kappa shape index (κ2) is 6.05. The number of aryl methyl sites for hydroxylation is 1. The van der Waals surface area contributed by atoms with Gasteiger partial charge in [0.05, 0.1) is 4.92 Å². The standard InChI is InChI=1S/C13H17N5O2/c1-14-10-4-3-5-11(13(10)18(19)20)15-7-6-12-16-8-9-17(12)2/h3-5,8-9,14-15H,6-7H2,1-2H3. The molecule has 106 valence electrons. The van der Waals surface area contributed by atoms with E-state index in [-0.39, 0.29) is 10.6 Å². The summed E-state index contributed by atoms with van der Waals surface area (Å²) < 4.78 is 1.93. The molecular weight excluding hydrogens is 258 g/mol. The zero-order valence-corrected chi connectivity index (χ0v) is 11.5. The van der Waals surface area contributed by atoms with Crippen LogP contribution in [0.4, 0.5) is 17.1 Å². The molecule has 1 aromatic heterocycles. The van der Waals surface area contributed by atoms with Crippen LogP contribution in [0.25, 0.3) is 0 Å². The Morgan fingerprint density at radius 1 is 1.40 bits per heavy atom. The van der Waals surface area contributed by atoms with Crippen molar-refractivity contribution in [2.24, 2.45) is 7.05 Å². The van der Waals surface area contributed by atoms with Crippen molar-refractivity contribution in [2.45, 2.75) is 6.42 Å². The zero-order valence-electron chi connectivity index (χ0n) is 11.5. The predicted molar refractivity (Wildman–Crippen MR) is 78.0 cm³/mol. The first kappa shape index (κ1) is 13.9. The molecule has 0 saturated heterocycles. The maximum Gasteiger partial charge on any atom is 0.315 e.